The predicted molar refractivity (Wildman–Crippen MR) is 143 cm³/mol. The van der Waals surface area contributed by atoms with Gasteiger partial charge in [0.15, 0.2) is 0 Å². The summed E-state index contributed by atoms with van der Waals surface area (Å²) in [5.74, 6) is -1.55. The minimum absolute atomic E-state index is 0.00823. The molecule has 10 nitrogen and oxygen atoms in total. The zero-order chi connectivity index (χ0) is 28.9. The molecule has 0 saturated heterocycles. The molecule has 2 N–H and O–H groups in total. The van der Waals surface area contributed by atoms with Crippen LogP contribution >= 0.6 is 0 Å². The third-order valence-corrected chi connectivity index (χ3v) is 5.27. The van der Waals surface area contributed by atoms with E-state index in [1.165, 1.54) is 17.9 Å². The maximum absolute atomic E-state index is 13.6. The molecule has 1 aromatic rings. The molecule has 0 radical (unpaired) electrons. The molecule has 0 saturated carbocycles. The number of esters is 1. The van der Waals surface area contributed by atoms with Gasteiger partial charge in [-0.1, -0.05) is 38.6 Å². The van der Waals surface area contributed by atoms with Crippen LogP contribution in [0.4, 0.5) is 4.79 Å². The Morgan fingerprint density at radius 2 is 1.71 bits per heavy atom. The van der Waals surface area contributed by atoms with Crippen molar-refractivity contribution < 1.29 is 38.5 Å². The zero-order valence-corrected chi connectivity index (χ0v) is 23.3. The van der Waals surface area contributed by atoms with Gasteiger partial charge in [0, 0.05) is 13.0 Å². The Hall–Kier alpha value is -3.56. The molecule has 1 rings (SSSR count). The van der Waals surface area contributed by atoms with Gasteiger partial charge in [-0.2, -0.15) is 0 Å². The van der Waals surface area contributed by atoms with E-state index in [0.717, 1.165) is 5.56 Å². The summed E-state index contributed by atoms with van der Waals surface area (Å²) in [5, 5.41) is 11.3. The van der Waals surface area contributed by atoms with Gasteiger partial charge in [0.05, 0.1) is 6.61 Å². The predicted octanol–water partition coefficient (Wildman–Crippen LogP) is 4.32. The van der Waals surface area contributed by atoms with Crippen LogP contribution in [0.25, 0.3) is 0 Å². The topological polar surface area (TPSA) is 131 Å². The highest BCUT2D eigenvalue weighted by atomic mass is 16.6. The second-order valence-corrected chi connectivity index (χ2v) is 10.3. The fraction of sp³-hybridized carbons (Fsp3) is 0.571. The molecule has 0 bridgehead atoms. The molecular weight excluding hydrogens is 492 g/mol. The molecule has 0 aliphatic rings. The molecule has 10 heteroatoms. The van der Waals surface area contributed by atoms with Crippen molar-refractivity contribution in [3.8, 4) is 5.75 Å². The Kier molecular flexibility index (Phi) is 13.4. The van der Waals surface area contributed by atoms with E-state index >= 15 is 0 Å². The molecule has 212 valence electrons. The Bertz CT molecular complexity index is 937. The molecule has 0 aliphatic heterocycles. The molecule has 2 atom stereocenters. The molecule has 0 spiro atoms. The van der Waals surface area contributed by atoms with E-state index < -0.39 is 41.6 Å². The van der Waals surface area contributed by atoms with Crippen molar-refractivity contribution in [3.05, 3.63) is 42.5 Å². The van der Waals surface area contributed by atoms with Crippen molar-refractivity contribution in [2.75, 3.05) is 13.2 Å². The summed E-state index contributed by atoms with van der Waals surface area (Å²) in [6, 6.07) is 5.19. The number of rotatable bonds is 15. The van der Waals surface area contributed by atoms with Crippen molar-refractivity contribution >= 4 is 23.9 Å². The van der Waals surface area contributed by atoms with Gasteiger partial charge >= 0.3 is 18.0 Å². The van der Waals surface area contributed by atoms with E-state index in [4.69, 9.17) is 19.3 Å². The van der Waals surface area contributed by atoms with Crippen molar-refractivity contribution in [3.63, 3.8) is 0 Å². The largest absolute Gasteiger partial charge is 0.494 e. The normalized spacial score (nSPS) is 12.7. The molecule has 1 aromatic carbocycles. The van der Waals surface area contributed by atoms with Crippen molar-refractivity contribution in [1.82, 2.24) is 10.2 Å². The molecule has 0 aromatic heterocycles. The number of nitrogens with zero attached hydrogens (tertiary/aromatic N) is 1. The van der Waals surface area contributed by atoms with E-state index in [0.29, 0.717) is 25.2 Å². The number of ether oxygens (including phenoxy) is 3. The fourth-order valence-electron chi connectivity index (χ4n) is 3.55. The van der Waals surface area contributed by atoms with Gasteiger partial charge in [0.25, 0.3) is 0 Å². The Balaban J connectivity index is 3.07. The van der Waals surface area contributed by atoms with Crippen LogP contribution in [0.1, 0.15) is 66.4 Å². The van der Waals surface area contributed by atoms with E-state index in [2.05, 4.69) is 11.9 Å². The molecule has 0 heterocycles. The van der Waals surface area contributed by atoms with Crippen LogP contribution in [0.15, 0.2) is 36.9 Å². The standard InChI is InChI=1S/C28H42N2O8/c1-8-16-37-26(34)24(19(2)3)30(25(33)20(4)29-27(35)38-28(5,6)7)18-21-12-14-22(15-13-21)36-17-10-9-11-23(31)32/h8,12-15,19-20,24H,1,9-11,16-18H2,2-7H3,(H,29,35)(H,31,32)/t20-,24-/m0/s1. The highest BCUT2D eigenvalue weighted by molar-refractivity contribution is 5.89. The van der Waals surface area contributed by atoms with E-state index in [1.54, 1.807) is 45.0 Å². The minimum atomic E-state index is -0.966. The highest BCUT2D eigenvalue weighted by Gasteiger charge is 2.36. The van der Waals surface area contributed by atoms with Gasteiger partial charge in [0.1, 0.15) is 30.0 Å². The molecule has 38 heavy (non-hydrogen) atoms. The SMILES string of the molecule is C=CCOC(=O)[C@H](C(C)C)N(Cc1ccc(OCCCCC(=O)O)cc1)C(=O)[C@H](C)NC(=O)OC(C)(C)C. The summed E-state index contributed by atoms with van der Waals surface area (Å²) in [7, 11) is 0. The minimum Gasteiger partial charge on any atom is -0.494 e. The van der Waals surface area contributed by atoms with Crippen LogP contribution in [0.3, 0.4) is 0 Å². The number of carbonyl (C=O) groups is 4. The first-order chi connectivity index (χ1) is 17.7. The first-order valence-corrected chi connectivity index (χ1v) is 12.8. The molecule has 0 unspecified atom stereocenters. The lowest BCUT2D eigenvalue weighted by Crippen LogP contribution is -2.55. The number of amides is 2. The number of carboxylic acid groups (broad SMARTS) is 1. The summed E-state index contributed by atoms with van der Waals surface area (Å²) >= 11 is 0. The number of alkyl carbamates (subject to hydrolysis) is 1. The maximum atomic E-state index is 13.6. The number of hydrogen-bond donors (Lipinski definition) is 2. The fourth-order valence-corrected chi connectivity index (χ4v) is 3.55. The van der Waals surface area contributed by atoms with Gasteiger partial charge < -0.3 is 29.5 Å². The first-order valence-electron chi connectivity index (χ1n) is 12.8. The molecular formula is C28H42N2O8. The lowest BCUT2D eigenvalue weighted by molar-refractivity contribution is -0.157. The third kappa shape index (κ3) is 12.1. The van der Waals surface area contributed by atoms with Crippen molar-refractivity contribution in [2.24, 2.45) is 5.92 Å². The molecule has 0 aliphatic carbocycles. The molecule has 2 amide bonds. The van der Waals surface area contributed by atoms with Crippen LogP contribution in [0, 0.1) is 5.92 Å². The number of nitrogens with one attached hydrogen (secondary N) is 1. The zero-order valence-electron chi connectivity index (χ0n) is 23.3. The van der Waals surface area contributed by atoms with Crippen molar-refractivity contribution in [2.45, 2.75) is 85.0 Å². The van der Waals surface area contributed by atoms with Crippen LogP contribution in [0.2, 0.25) is 0 Å². The van der Waals surface area contributed by atoms with Gasteiger partial charge in [-0.05, 0) is 64.2 Å². The van der Waals surface area contributed by atoms with E-state index in [-0.39, 0.29) is 25.5 Å². The van der Waals surface area contributed by atoms with Crippen molar-refractivity contribution in [1.29, 1.82) is 0 Å². The van der Waals surface area contributed by atoms with E-state index in [1.807, 2.05) is 13.8 Å². The second-order valence-electron chi connectivity index (χ2n) is 10.3. The quantitative estimate of drug-likeness (QED) is 0.193. The number of unbranched alkanes of at least 4 members (excludes halogenated alkanes) is 1. The lowest BCUT2D eigenvalue weighted by atomic mass is 10.0. The lowest BCUT2D eigenvalue weighted by Gasteiger charge is -2.35. The van der Waals surface area contributed by atoms with Gasteiger partial charge in [-0.25, -0.2) is 9.59 Å². The molecule has 0 fully saturated rings. The van der Waals surface area contributed by atoms with Gasteiger partial charge in [0.2, 0.25) is 5.91 Å². The maximum Gasteiger partial charge on any atom is 0.408 e. The van der Waals surface area contributed by atoms with Crippen LogP contribution in [-0.4, -0.2) is 64.8 Å². The average molecular weight is 535 g/mol. The van der Waals surface area contributed by atoms with Gasteiger partial charge in [-0.3, -0.25) is 9.59 Å². The number of hydrogen-bond acceptors (Lipinski definition) is 7. The number of benzene rings is 1. The Morgan fingerprint density at radius 1 is 1.08 bits per heavy atom. The summed E-state index contributed by atoms with van der Waals surface area (Å²) in [6.07, 6.45) is 1.95. The summed E-state index contributed by atoms with van der Waals surface area (Å²) in [5.41, 5.74) is 0.00454. The monoisotopic (exact) mass is 534 g/mol. The van der Waals surface area contributed by atoms with E-state index in [9.17, 15) is 19.2 Å². The smallest absolute Gasteiger partial charge is 0.408 e. The van der Waals surface area contributed by atoms with Crippen LogP contribution in [0.5, 0.6) is 5.75 Å². The Morgan fingerprint density at radius 3 is 2.24 bits per heavy atom. The van der Waals surface area contributed by atoms with Gasteiger partial charge in [-0.15, -0.1) is 0 Å². The summed E-state index contributed by atoms with van der Waals surface area (Å²) < 4.78 is 16.2. The number of carboxylic acids is 1. The highest BCUT2D eigenvalue weighted by Crippen LogP contribution is 2.21. The third-order valence-electron chi connectivity index (χ3n) is 5.27. The summed E-state index contributed by atoms with van der Waals surface area (Å²) in [6.45, 7) is 14.4. The Labute approximate surface area is 225 Å². The van der Waals surface area contributed by atoms with Crippen LogP contribution in [-0.2, 0) is 30.4 Å². The number of carbonyl (C=O) groups excluding carboxylic acids is 3. The second kappa shape index (κ2) is 15.6. The summed E-state index contributed by atoms with van der Waals surface area (Å²) in [4.78, 5) is 50.8. The number of aliphatic carboxylic acids is 1. The van der Waals surface area contributed by atoms with Crippen LogP contribution < -0.4 is 10.1 Å². The first kappa shape index (κ1) is 32.5. The average Bonchev–Trinajstić information content (AvgIpc) is 2.80.